The minimum atomic E-state index is -1.27. The molecule has 2 aromatic rings. The van der Waals surface area contributed by atoms with Crippen molar-refractivity contribution in [1.29, 1.82) is 0 Å². The maximum absolute atomic E-state index is 12.3. The lowest BCUT2D eigenvalue weighted by Crippen LogP contribution is -2.06. The first-order chi connectivity index (χ1) is 9.40. The van der Waals surface area contributed by atoms with Crippen molar-refractivity contribution in [3.8, 4) is 5.75 Å². The topological polar surface area (TPSA) is 74.6 Å². The average Bonchev–Trinajstić information content (AvgIpc) is 2.41. The summed E-state index contributed by atoms with van der Waals surface area (Å²) in [6, 6.07) is 9.43. The van der Waals surface area contributed by atoms with E-state index in [9.17, 15) is 14.7 Å². The SMILES string of the molecule is Cc1cc(C(=O)c2ccc(Br)cc2)cc(C(=O)O)c1O. The maximum Gasteiger partial charge on any atom is 0.339 e. The van der Waals surface area contributed by atoms with E-state index in [-0.39, 0.29) is 22.7 Å². The van der Waals surface area contributed by atoms with E-state index in [4.69, 9.17) is 5.11 Å². The average molecular weight is 335 g/mol. The molecule has 20 heavy (non-hydrogen) atoms. The number of halogens is 1. The largest absolute Gasteiger partial charge is 0.507 e. The number of aryl methyl sites for hydroxylation is 1. The Balaban J connectivity index is 2.50. The summed E-state index contributed by atoms with van der Waals surface area (Å²) in [5, 5.41) is 18.7. The van der Waals surface area contributed by atoms with Gasteiger partial charge in [0, 0.05) is 15.6 Å². The molecule has 0 saturated carbocycles. The molecule has 0 aliphatic rings. The predicted molar refractivity (Wildman–Crippen MR) is 77.4 cm³/mol. The Hall–Kier alpha value is -2.14. The van der Waals surface area contributed by atoms with Crippen LogP contribution in [-0.2, 0) is 0 Å². The van der Waals surface area contributed by atoms with E-state index < -0.39 is 5.97 Å². The number of benzene rings is 2. The first kappa shape index (κ1) is 14.3. The summed E-state index contributed by atoms with van der Waals surface area (Å²) in [7, 11) is 0. The fourth-order valence-electron chi connectivity index (χ4n) is 1.84. The number of aromatic carboxylic acids is 1. The van der Waals surface area contributed by atoms with Crippen LogP contribution in [0, 0.1) is 6.92 Å². The zero-order valence-corrected chi connectivity index (χ0v) is 12.1. The van der Waals surface area contributed by atoms with E-state index in [1.807, 2.05) is 0 Å². The zero-order valence-electron chi connectivity index (χ0n) is 10.6. The number of hydrogen-bond donors (Lipinski definition) is 2. The van der Waals surface area contributed by atoms with Gasteiger partial charge in [0.15, 0.2) is 5.78 Å². The van der Waals surface area contributed by atoms with Gasteiger partial charge < -0.3 is 10.2 Å². The molecule has 5 heteroatoms. The van der Waals surface area contributed by atoms with Gasteiger partial charge in [0.05, 0.1) is 0 Å². The normalized spacial score (nSPS) is 10.3. The quantitative estimate of drug-likeness (QED) is 0.843. The lowest BCUT2D eigenvalue weighted by molar-refractivity contribution is 0.0693. The van der Waals surface area contributed by atoms with Crippen molar-refractivity contribution in [3.63, 3.8) is 0 Å². The first-order valence-corrected chi connectivity index (χ1v) is 6.56. The molecule has 0 bridgehead atoms. The number of aromatic hydroxyl groups is 1. The summed E-state index contributed by atoms with van der Waals surface area (Å²) in [4.78, 5) is 23.4. The zero-order chi connectivity index (χ0) is 14.9. The second-order valence-corrected chi connectivity index (χ2v) is 5.25. The first-order valence-electron chi connectivity index (χ1n) is 5.77. The smallest absolute Gasteiger partial charge is 0.339 e. The number of carbonyl (C=O) groups is 2. The molecule has 2 rings (SSSR count). The van der Waals surface area contributed by atoms with E-state index in [2.05, 4.69) is 15.9 Å². The van der Waals surface area contributed by atoms with Crippen LogP contribution in [0.1, 0.15) is 31.8 Å². The maximum atomic E-state index is 12.3. The number of carbonyl (C=O) groups excluding carboxylic acids is 1. The number of carboxylic acids is 1. The van der Waals surface area contributed by atoms with Crippen LogP contribution >= 0.6 is 15.9 Å². The molecule has 0 spiro atoms. The third-order valence-electron chi connectivity index (χ3n) is 2.90. The van der Waals surface area contributed by atoms with Gasteiger partial charge in [-0.25, -0.2) is 4.79 Å². The molecule has 0 aromatic heterocycles. The van der Waals surface area contributed by atoms with Crippen LogP contribution in [0.15, 0.2) is 40.9 Å². The van der Waals surface area contributed by atoms with Gasteiger partial charge in [-0.2, -0.15) is 0 Å². The standard InChI is InChI=1S/C15H11BrO4/c1-8-6-10(7-12(13(8)17)15(19)20)14(18)9-2-4-11(16)5-3-9/h2-7,17H,1H3,(H,19,20). The Morgan fingerprint density at radius 1 is 1.05 bits per heavy atom. The number of rotatable bonds is 3. The molecule has 0 radical (unpaired) electrons. The molecule has 0 aliphatic heterocycles. The molecule has 2 N–H and O–H groups in total. The molecule has 0 saturated heterocycles. The van der Waals surface area contributed by atoms with Gasteiger partial charge in [-0.3, -0.25) is 4.79 Å². The van der Waals surface area contributed by atoms with Gasteiger partial charge in [0.2, 0.25) is 0 Å². The second kappa shape index (κ2) is 5.46. The van der Waals surface area contributed by atoms with Crippen molar-refractivity contribution in [3.05, 3.63) is 63.1 Å². The summed E-state index contributed by atoms with van der Waals surface area (Å²) in [6.45, 7) is 1.56. The highest BCUT2D eigenvalue weighted by molar-refractivity contribution is 9.10. The fourth-order valence-corrected chi connectivity index (χ4v) is 2.11. The predicted octanol–water partition coefficient (Wildman–Crippen LogP) is 3.39. The molecule has 0 fully saturated rings. The van der Waals surface area contributed by atoms with Gasteiger partial charge >= 0.3 is 5.97 Å². The van der Waals surface area contributed by atoms with E-state index in [1.54, 1.807) is 31.2 Å². The Labute approximate surface area is 123 Å². The highest BCUT2D eigenvalue weighted by Crippen LogP contribution is 2.25. The van der Waals surface area contributed by atoms with Gasteiger partial charge in [0.25, 0.3) is 0 Å². The van der Waals surface area contributed by atoms with Gasteiger partial charge in [0.1, 0.15) is 11.3 Å². The number of phenols is 1. The van der Waals surface area contributed by atoms with Crippen LogP contribution in [-0.4, -0.2) is 22.0 Å². The van der Waals surface area contributed by atoms with E-state index in [0.717, 1.165) is 4.47 Å². The molecule has 102 valence electrons. The molecule has 0 heterocycles. The second-order valence-electron chi connectivity index (χ2n) is 4.33. The third-order valence-corrected chi connectivity index (χ3v) is 3.43. The van der Waals surface area contributed by atoms with Gasteiger partial charge in [-0.15, -0.1) is 0 Å². The Morgan fingerprint density at radius 2 is 1.65 bits per heavy atom. The molecule has 2 aromatic carbocycles. The Bertz CT molecular complexity index is 690. The molecule has 0 atom stereocenters. The lowest BCUT2D eigenvalue weighted by Gasteiger charge is -2.07. The minimum Gasteiger partial charge on any atom is -0.507 e. The minimum absolute atomic E-state index is 0.236. The Morgan fingerprint density at radius 3 is 2.20 bits per heavy atom. The van der Waals surface area contributed by atoms with Crippen LogP contribution in [0.25, 0.3) is 0 Å². The fraction of sp³-hybridized carbons (Fsp3) is 0.0667. The van der Waals surface area contributed by atoms with Crippen molar-refractivity contribution in [2.75, 3.05) is 0 Å². The summed E-state index contributed by atoms with van der Waals surface area (Å²) in [6.07, 6.45) is 0. The third kappa shape index (κ3) is 2.72. The number of ketones is 1. The van der Waals surface area contributed by atoms with E-state index in [1.165, 1.54) is 12.1 Å². The van der Waals surface area contributed by atoms with Crippen molar-refractivity contribution < 1.29 is 19.8 Å². The molecular weight excluding hydrogens is 324 g/mol. The van der Waals surface area contributed by atoms with Crippen LogP contribution in [0.4, 0.5) is 0 Å². The molecule has 0 amide bonds. The summed E-state index contributed by atoms with van der Waals surface area (Å²) in [5.41, 5.74) is 0.769. The van der Waals surface area contributed by atoms with Crippen molar-refractivity contribution in [2.45, 2.75) is 6.92 Å². The van der Waals surface area contributed by atoms with Crippen molar-refractivity contribution in [1.82, 2.24) is 0 Å². The monoisotopic (exact) mass is 334 g/mol. The summed E-state index contributed by atoms with van der Waals surface area (Å²) < 4.78 is 0.849. The molecular formula is C15H11BrO4. The molecule has 0 aliphatic carbocycles. The highest BCUT2D eigenvalue weighted by atomic mass is 79.9. The van der Waals surface area contributed by atoms with Crippen LogP contribution in [0.3, 0.4) is 0 Å². The van der Waals surface area contributed by atoms with Crippen LogP contribution in [0.5, 0.6) is 5.75 Å². The number of hydrogen-bond acceptors (Lipinski definition) is 3. The number of carboxylic acid groups (broad SMARTS) is 1. The van der Waals surface area contributed by atoms with Crippen LogP contribution in [0.2, 0.25) is 0 Å². The van der Waals surface area contributed by atoms with Crippen molar-refractivity contribution in [2.24, 2.45) is 0 Å². The summed E-state index contributed by atoms with van der Waals surface area (Å²) >= 11 is 3.28. The van der Waals surface area contributed by atoms with Gasteiger partial charge in [-0.1, -0.05) is 15.9 Å². The van der Waals surface area contributed by atoms with Crippen molar-refractivity contribution >= 4 is 27.7 Å². The van der Waals surface area contributed by atoms with E-state index >= 15 is 0 Å². The lowest BCUT2D eigenvalue weighted by atomic mass is 9.98. The Kier molecular flexibility index (Phi) is 3.90. The molecule has 0 unspecified atom stereocenters. The summed E-state index contributed by atoms with van der Waals surface area (Å²) in [5.74, 6) is -1.87. The van der Waals surface area contributed by atoms with Gasteiger partial charge in [-0.05, 0) is 48.9 Å². The van der Waals surface area contributed by atoms with Crippen LogP contribution < -0.4 is 0 Å². The molecule has 4 nitrogen and oxygen atoms in total. The van der Waals surface area contributed by atoms with E-state index in [0.29, 0.717) is 11.1 Å². The highest BCUT2D eigenvalue weighted by Gasteiger charge is 2.17.